The highest BCUT2D eigenvalue weighted by Gasteiger charge is 2.34. The number of carbonyl (C=O) groups excluding carboxylic acids is 3. The Balaban J connectivity index is 1.59. The molecule has 1 atom stereocenters. The van der Waals surface area contributed by atoms with Gasteiger partial charge < -0.3 is 15.2 Å². The van der Waals surface area contributed by atoms with Crippen molar-refractivity contribution < 1.29 is 23.3 Å². The molecule has 1 heterocycles. The van der Waals surface area contributed by atoms with Crippen LogP contribution >= 0.6 is 11.8 Å². The number of amides is 3. The molecule has 0 saturated heterocycles. The van der Waals surface area contributed by atoms with Gasteiger partial charge in [0.25, 0.3) is 0 Å². The zero-order valence-electron chi connectivity index (χ0n) is 22.8. The minimum atomic E-state index is -0.959. The number of nitrogens with zero attached hydrogens (tertiary/aromatic N) is 2. The van der Waals surface area contributed by atoms with Crippen LogP contribution in [-0.4, -0.2) is 40.4 Å². The number of hydrogen-bond acceptors (Lipinski definition) is 6. The minimum absolute atomic E-state index is 0.000831. The second-order valence-corrected chi connectivity index (χ2v) is 10.9. The smallest absolute Gasteiger partial charge is 0.248 e. The van der Waals surface area contributed by atoms with E-state index in [1.165, 1.54) is 29.2 Å². The normalized spacial score (nSPS) is 14.4. The van der Waals surface area contributed by atoms with E-state index in [-0.39, 0.29) is 35.3 Å². The Morgan fingerprint density at radius 2 is 1.82 bits per heavy atom. The maximum atomic E-state index is 13.9. The Labute approximate surface area is 238 Å². The maximum absolute atomic E-state index is 13.9. The number of benzene rings is 2. The molecule has 4 rings (SSSR count). The molecule has 0 aliphatic heterocycles. The standard InChI is InChI=1S/C30H35FN4O4S/c1-3-21-8-7-9-22(17-21)29(30(38)32-24-10-5-4-6-11-24)35(25-14-12-23(31)13-15-25)28(37)19-40-18-27(36)33-26-16-20(2)39-34-26/h7-9,12-17,24,29H,3-6,10-11,18-19H2,1-2H3,(H,32,38)(H,33,34,36). The SMILES string of the molecule is CCc1cccc(C(C(=O)NC2CCCCC2)N(C(=O)CSCC(=O)Nc2cc(C)on2)c2ccc(F)cc2)c1. The third-order valence-corrected chi connectivity index (χ3v) is 7.78. The molecule has 1 aliphatic rings. The Bertz CT molecular complexity index is 1310. The second kappa shape index (κ2) is 14.1. The van der Waals surface area contributed by atoms with Crippen molar-refractivity contribution in [3.8, 4) is 0 Å². The Kier molecular flexibility index (Phi) is 10.3. The third-order valence-electron chi connectivity index (χ3n) is 6.86. The first-order valence-corrected chi connectivity index (χ1v) is 14.8. The van der Waals surface area contributed by atoms with Crippen molar-refractivity contribution in [2.24, 2.45) is 0 Å². The van der Waals surface area contributed by atoms with Crippen molar-refractivity contribution in [1.29, 1.82) is 0 Å². The van der Waals surface area contributed by atoms with Crippen molar-refractivity contribution in [2.75, 3.05) is 21.7 Å². The van der Waals surface area contributed by atoms with Crippen LogP contribution in [0.15, 0.2) is 59.1 Å². The molecule has 3 aromatic rings. The van der Waals surface area contributed by atoms with Crippen LogP contribution in [0.5, 0.6) is 0 Å². The van der Waals surface area contributed by atoms with E-state index in [9.17, 15) is 18.8 Å². The first kappa shape index (κ1) is 29.3. The predicted molar refractivity (Wildman–Crippen MR) is 155 cm³/mol. The van der Waals surface area contributed by atoms with E-state index in [2.05, 4.69) is 15.8 Å². The lowest BCUT2D eigenvalue weighted by atomic mass is 9.94. The van der Waals surface area contributed by atoms with E-state index in [0.29, 0.717) is 22.8 Å². The summed E-state index contributed by atoms with van der Waals surface area (Å²) in [6.07, 6.45) is 5.81. The van der Waals surface area contributed by atoms with E-state index in [1.54, 1.807) is 13.0 Å². The molecule has 10 heteroatoms. The molecule has 212 valence electrons. The Morgan fingerprint density at radius 3 is 2.50 bits per heavy atom. The van der Waals surface area contributed by atoms with Crippen molar-refractivity contribution in [1.82, 2.24) is 10.5 Å². The zero-order chi connectivity index (χ0) is 28.5. The van der Waals surface area contributed by atoms with E-state index < -0.39 is 11.9 Å². The first-order valence-electron chi connectivity index (χ1n) is 13.6. The fourth-order valence-electron chi connectivity index (χ4n) is 4.87. The molecule has 40 heavy (non-hydrogen) atoms. The van der Waals surface area contributed by atoms with Crippen molar-refractivity contribution in [3.05, 3.63) is 77.3 Å². The summed E-state index contributed by atoms with van der Waals surface area (Å²) in [5, 5.41) is 9.56. The number of hydrogen-bond donors (Lipinski definition) is 2. The first-order chi connectivity index (χ1) is 19.3. The molecule has 1 aromatic heterocycles. The lowest BCUT2D eigenvalue weighted by molar-refractivity contribution is -0.126. The summed E-state index contributed by atoms with van der Waals surface area (Å²) in [6.45, 7) is 3.75. The monoisotopic (exact) mass is 566 g/mol. The van der Waals surface area contributed by atoms with Crippen LogP contribution in [0.4, 0.5) is 15.9 Å². The molecule has 2 N–H and O–H groups in total. The van der Waals surface area contributed by atoms with Gasteiger partial charge in [-0.05, 0) is 61.6 Å². The maximum Gasteiger partial charge on any atom is 0.248 e. The van der Waals surface area contributed by atoms with Gasteiger partial charge in [0.15, 0.2) is 5.82 Å². The molecule has 1 fully saturated rings. The zero-order valence-corrected chi connectivity index (χ0v) is 23.6. The molecule has 8 nitrogen and oxygen atoms in total. The number of carbonyl (C=O) groups is 3. The van der Waals surface area contributed by atoms with Gasteiger partial charge in [0, 0.05) is 17.8 Å². The quantitative estimate of drug-likeness (QED) is 0.314. The van der Waals surface area contributed by atoms with Gasteiger partial charge in [0.05, 0.1) is 11.5 Å². The molecule has 3 amide bonds. The predicted octanol–water partition coefficient (Wildman–Crippen LogP) is 5.58. The van der Waals surface area contributed by atoms with E-state index in [1.807, 2.05) is 31.2 Å². The summed E-state index contributed by atoms with van der Waals surface area (Å²) in [7, 11) is 0. The van der Waals surface area contributed by atoms with Crippen LogP contribution in [0.25, 0.3) is 0 Å². The van der Waals surface area contributed by atoms with E-state index >= 15 is 0 Å². The van der Waals surface area contributed by atoms with Gasteiger partial charge in [-0.3, -0.25) is 19.3 Å². The number of rotatable bonds is 11. The highest BCUT2D eigenvalue weighted by atomic mass is 32.2. The molecule has 0 bridgehead atoms. The molecule has 1 aliphatic carbocycles. The minimum Gasteiger partial charge on any atom is -0.360 e. The highest BCUT2D eigenvalue weighted by molar-refractivity contribution is 8.00. The number of aromatic nitrogens is 1. The highest BCUT2D eigenvalue weighted by Crippen LogP contribution is 2.31. The molecular formula is C30H35FN4O4S. The topological polar surface area (TPSA) is 105 Å². The van der Waals surface area contributed by atoms with Gasteiger partial charge in [0.1, 0.15) is 17.6 Å². The van der Waals surface area contributed by atoms with E-state index in [4.69, 9.17) is 4.52 Å². The summed E-state index contributed by atoms with van der Waals surface area (Å²) in [5.41, 5.74) is 2.11. The lowest BCUT2D eigenvalue weighted by Gasteiger charge is -2.33. The molecular weight excluding hydrogens is 531 g/mol. The number of thioether (sulfide) groups is 1. The summed E-state index contributed by atoms with van der Waals surface area (Å²) in [4.78, 5) is 41.5. The molecule has 0 radical (unpaired) electrons. The van der Waals surface area contributed by atoms with Gasteiger partial charge in [0.2, 0.25) is 17.7 Å². The molecule has 2 aromatic carbocycles. The van der Waals surface area contributed by atoms with Crippen molar-refractivity contribution in [2.45, 2.75) is 64.5 Å². The van der Waals surface area contributed by atoms with Crippen LogP contribution in [-0.2, 0) is 20.8 Å². The largest absolute Gasteiger partial charge is 0.360 e. The van der Waals surface area contributed by atoms with Gasteiger partial charge in [-0.15, -0.1) is 11.8 Å². The molecule has 1 saturated carbocycles. The van der Waals surface area contributed by atoms with E-state index in [0.717, 1.165) is 55.9 Å². The average molecular weight is 567 g/mol. The Hall–Kier alpha value is -3.66. The fraction of sp³-hybridized carbons (Fsp3) is 0.400. The summed E-state index contributed by atoms with van der Waals surface area (Å²) >= 11 is 1.12. The third kappa shape index (κ3) is 7.94. The Morgan fingerprint density at radius 1 is 1.07 bits per heavy atom. The van der Waals surface area contributed by atoms with Crippen molar-refractivity contribution >= 4 is 41.0 Å². The summed E-state index contributed by atoms with van der Waals surface area (Å²) in [6, 6.07) is 13.9. The van der Waals surface area contributed by atoms with Crippen LogP contribution < -0.4 is 15.5 Å². The summed E-state index contributed by atoms with van der Waals surface area (Å²) in [5.74, 6) is -0.615. The van der Waals surface area contributed by atoms with Gasteiger partial charge in [-0.2, -0.15) is 0 Å². The number of nitrogens with one attached hydrogen (secondary N) is 2. The van der Waals surface area contributed by atoms with Crippen LogP contribution in [0.1, 0.15) is 62.0 Å². The lowest BCUT2D eigenvalue weighted by Crippen LogP contribution is -2.48. The van der Waals surface area contributed by atoms with Crippen molar-refractivity contribution in [3.63, 3.8) is 0 Å². The van der Waals surface area contributed by atoms with Gasteiger partial charge in [-0.1, -0.05) is 55.6 Å². The average Bonchev–Trinajstić information content (AvgIpc) is 3.36. The fourth-order valence-corrected chi connectivity index (χ4v) is 5.54. The van der Waals surface area contributed by atoms with Gasteiger partial charge >= 0.3 is 0 Å². The summed E-state index contributed by atoms with van der Waals surface area (Å²) < 4.78 is 18.8. The number of aryl methyl sites for hydroxylation is 2. The van der Waals surface area contributed by atoms with Crippen LogP contribution in [0.3, 0.4) is 0 Å². The molecule has 1 unspecified atom stereocenters. The van der Waals surface area contributed by atoms with Crippen LogP contribution in [0.2, 0.25) is 0 Å². The number of anilines is 2. The number of halogens is 1. The second-order valence-electron chi connectivity index (χ2n) is 9.95. The van der Waals surface area contributed by atoms with Crippen LogP contribution in [0, 0.1) is 12.7 Å². The van der Waals surface area contributed by atoms with Gasteiger partial charge in [-0.25, -0.2) is 4.39 Å². The molecule has 0 spiro atoms.